The van der Waals surface area contributed by atoms with Crippen LogP contribution < -0.4 is 10.1 Å². The molecule has 134 valence electrons. The highest BCUT2D eigenvalue weighted by Gasteiger charge is 2.67. The van der Waals surface area contributed by atoms with Gasteiger partial charge in [-0.15, -0.1) is 0 Å². The largest absolute Gasteiger partial charge is 0.497 e. The Hall–Kier alpha value is -2.04. The Morgan fingerprint density at radius 3 is 2.56 bits per heavy atom. The van der Waals surface area contributed by atoms with E-state index in [0.29, 0.717) is 29.4 Å². The Balaban J connectivity index is 1.55. The summed E-state index contributed by atoms with van der Waals surface area (Å²) >= 11 is 0. The topological polar surface area (TPSA) is 75.6 Å². The summed E-state index contributed by atoms with van der Waals surface area (Å²) in [5.41, 5.74) is -0.177. The maximum Gasteiger partial charge on any atom is 0.306 e. The molecule has 0 heterocycles. The first kappa shape index (κ1) is 16.4. The number of benzene rings is 1. The van der Waals surface area contributed by atoms with E-state index in [9.17, 15) is 14.7 Å². The maximum absolute atomic E-state index is 12.9. The van der Waals surface area contributed by atoms with Crippen LogP contribution in [0.5, 0.6) is 5.75 Å². The number of ether oxygens (including phenoxy) is 1. The lowest BCUT2D eigenvalue weighted by molar-refractivity contribution is -0.139. The molecular formula is C20H25NO4. The highest BCUT2D eigenvalue weighted by atomic mass is 16.5. The van der Waals surface area contributed by atoms with Crippen LogP contribution in [0.3, 0.4) is 0 Å². The second-order valence-electron chi connectivity index (χ2n) is 8.14. The lowest BCUT2D eigenvalue weighted by Crippen LogP contribution is -2.46. The van der Waals surface area contributed by atoms with E-state index in [1.165, 1.54) is 19.3 Å². The molecular weight excluding hydrogens is 318 g/mol. The molecule has 2 bridgehead atoms. The minimum absolute atomic E-state index is 0.0261. The van der Waals surface area contributed by atoms with Crippen molar-refractivity contribution in [3.05, 3.63) is 29.8 Å². The van der Waals surface area contributed by atoms with Crippen LogP contribution in [-0.2, 0) is 15.1 Å². The number of carboxylic acids is 1. The molecule has 2 N–H and O–H groups in total. The summed E-state index contributed by atoms with van der Waals surface area (Å²) in [6.07, 6.45) is 3.66. The molecule has 3 fully saturated rings. The fourth-order valence-electron chi connectivity index (χ4n) is 5.52. The lowest BCUT2D eigenvalue weighted by Gasteiger charge is -2.31. The molecule has 5 nitrogen and oxygen atoms in total. The van der Waals surface area contributed by atoms with E-state index in [1.54, 1.807) is 20.1 Å². The molecule has 0 spiro atoms. The fourth-order valence-corrected chi connectivity index (χ4v) is 5.52. The molecule has 1 aromatic carbocycles. The first-order valence-electron chi connectivity index (χ1n) is 9.11. The number of rotatable bonds is 6. The van der Waals surface area contributed by atoms with Gasteiger partial charge in [0.1, 0.15) is 5.75 Å². The van der Waals surface area contributed by atoms with Crippen molar-refractivity contribution < 1.29 is 19.4 Å². The summed E-state index contributed by atoms with van der Waals surface area (Å²) in [5.74, 6) is 2.35. The van der Waals surface area contributed by atoms with Gasteiger partial charge in [0.2, 0.25) is 5.91 Å². The molecule has 3 aliphatic carbocycles. The second kappa shape index (κ2) is 5.75. The normalized spacial score (nSPS) is 34.1. The van der Waals surface area contributed by atoms with Crippen LogP contribution in [0.4, 0.5) is 0 Å². The zero-order valence-electron chi connectivity index (χ0n) is 14.7. The molecule has 4 rings (SSSR count). The molecule has 25 heavy (non-hydrogen) atoms. The number of methoxy groups -OCH3 is 1. The van der Waals surface area contributed by atoms with E-state index in [2.05, 4.69) is 5.32 Å². The average Bonchev–Trinajstić information content (AvgIpc) is 3.03. The number of amides is 1. The van der Waals surface area contributed by atoms with Gasteiger partial charge in [0.05, 0.1) is 19.1 Å². The zero-order chi connectivity index (χ0) is 17.8. The summed E-state index contributed by atoms with van der Waals surface area (Å²) in [5, 5.41) is 12.5. The van der Waals surface area contributed by atoms with E-state index < -0.39 is 11.5 Å². The van der Waals surface area contributed by atoms with E-state index in [4.69, 9.17) is 4.74 Å². The molecule has 1 amide bonds. The molecule has 3 aliphatic rings. The van der Waals surface area contributed by atoms with Crippen molar-refractivity contribution in [2.24, 2.45) is 29.6 Å². The van der Waals surface area contributed by atoms with Crippen molar-refractivity contribution in [2.75, 3.05) is 7.11 Å². The van der Waals surface area contributed by atoms with E-state index in [0.717, 1.165) is 5.56 Å². The van der Waals surface area contributed by atoms with Crippen molar-refractivity contribution in [1.82, 2.24) is 5.32 Å². The van der Waals surface area contributed by atoms with Crippen molar-refractivity contribution in [3.8, 4) is 5.75 Å². The van der Waals surface area contributed by atoms with Gasteiger partial charge in [0.15, 0.2) is 0 Å². The Labute approximate surface area is 147 Å². The molecule has 0 radical (unpaired) electrons. The van der Waals surface area contributed by atoms with Crippen LogP contribution >= 0.6 is 0 Å². The van der Waals surface area contributed by atoms with Crippen LogP contribution in [0, 0.1) is 29.6 Å². The minimum Gasteiger partial charge on any atom is -0.497 e. The third-order valence-electron chi connectivity index (χ3n) is 6.65. The maximum atomic E-state index is 12.9. The molecule has 3 saturated carbocycles. The van der Waals surface area contributed by atoms with Crippen LogP contribution in [-0.4, -0.2) is 24.1 Å². The van der Waals surface area contributed by atoms with Gasteiger partial charge in [0, 0.05) is 5.92 Å². The van der Waals surface area contributed by atoms with Gasteiger partial charge in [0.25, 0.3) is 0 Å². The summed E-state index contributed by atoms with van der Waals surface area (Å²) in [7, 11) is 1.58. The molecule has 1 aromatic rings. The molecule has 5 unspecified atom stereocenters. The van der Waals surface area contributed by atoms with Gasteiger partial charge < -0.3 is 15.2 Å². The smallest absolute Gasteiger partial charge is 0.306 e. The van der Waals surface area contributed by atoms with Crippen LogP contribution in [0.25, 0.3) is 0 Å². The van der Waals surface area contributed by atoms with E-state index >= 15 is 0 Å². The molecule has 5 heteroatoms. The number of carboxylic acid groups (broad SMARTS) is 1. The SMILES string of the molecule is COc1cccc(C(C)(CC(=O)O)NC(=O)C2C3C4CCC(C4)C23)c1. The predicted molar refractivity (Wildman–Crippen MR) is 92.0 cm³/mol. The fraction of sp³-hybridized carbons (Fsp3) is 0.600. The second-order valence-corrected chi connectivity index (χ2v) is 8.14. The summed E-state index contributed by atoms with van der Waals surface area (Å²) in [6, 6.07) is 7.30. The predicted octanol–water partition coefficient (Wildman–Crippen LogP) is 2.79. The van der Waals surface area contributed by atoms with Crippen molar-refractivity contribution in [3.63, 3.8) is 0 Å². The highest BCUT2D eigenvalue weighted by molar-refractivity contribution is 5.84. The van der Waals surface area contributed by atoms with Gasteiger partial charge in [-0.1, -0.05) is 12.1 Å². The summed E-state index contributed by atoms with van der Waals surface area (Å²) < 4.78 is 5.26. The van der Waals surface area contributed by atoms with Crippen LogP contribution in [0.1, 0.15) is 38.2 Å². The van der Waals surface area contributed by atoms with Crippen molar-refractivity contribution in [2.45, 2.75) is 38.1 Å². The number of hydrogen-bond donors (Lipinski definition) is 2. The Bertz CT molecular complexity index is 701. The van der Waals surface area contributed by atoms with Gasteiger partial charge in [-0.3, -0.25) is 9.59 Å². The Morgan fingerprint density at radius 1 is 1.28 bits per heavy atom. The Kier molecular flexibility index (Phi) is 3.78. The summed E-state index contributed by atoms with van der Waals surface area (Å²) in [6.45, 7) is 1.79. The Morgan fingerprint density at radius 2 is 1.96 bits per heavy atom. The number of nitrogens with one attached hydrogen (secondary N) is 1. The first-order chi connectivity index (χ1) is 11.9. The average molecular weight is 343 g/mol. The van der Waals surface area contributed by atoms with E-state index in [-0.39, 0.29) is 18.2 Å². The molecule has 0 aromatic heterocycles. The molecule has 0 saturated heterocycles. The van der Waals surface area contributed by atoms with Crippen LogP contribution in [0.2, 0.25) is 0 Å². The third-order valence-corrected chi connectivity index (χ3v) is 6.65. The standard InChI is InChI=1S/C20H25NO4/c1-20(10-15(22)23,13-4-3-5-14(9-13)25-2)21-19(24)18-16-11-6-7-12(8-11)17(16)18/h3-5,9,11-12,16-18H,6-8,10H2,1-2H3,(H,21,24)(H,22,23). The third kappa shape index (κ3) is 2.70. The number of carbonyl (C=O) groups is 2. The first-order valence-corrected chi connectivity index (χ1v) is 9.11. The molecule has 0 aliphatic heterocycles. The lowest BCUT2D eigenvalue weighted by atomic mass is 9.87. The summed E-state index contributed by atoms with van der Waals surface area (Å²) in [4.78, 5) is 24.4. The highest BCUT2D eigenvalue weighted by Crippen LogP contribution is 2.69. The van der Waals surface area contributed by atoms with Crippen LogP contribution in [0.15, 0.2) is 24.3 Å². The number of aliphatic carboxylic acids is 1. The monoisotopic (exact) mass is 343 g/mol. The van der Waals surface area contributed by atoms with Gasteiger partial charge in [-0.05, 0) is 67.6 Å². The number of carbonyl (C=O) groups excluding carboxylic acids is 1. The van der Waals surface area contributed by atoms with E-state index in [1.807, 2.05) is 18.2 Å². The quantitative estimate of drug-likeness (QED) is 0.833. The van der Waals surface area contributed by atoms with Gasteiger partial charge in [-0.2, -0.15) is 0 Å². The van der Waals surface area contributed by atoms with Gasteiger partial charge in [-0.25, -0.2) is 0 Å². The number of fused-ring (bicyclic) bond motifs is 5. The molecule has 5 atom stereocenters. The van der Waals surface area contributed by atoms with Crippen molar-refractivity contribution >= 4 is 11.9 Å². The van der Waals surface area contributed by atoms with Gasteiger partial charge >= 0.3 is 5.97 Å². The minimum atomic E-state index is -0.937. The zero-order valence-corrected chi connectivity index (χ0v) is 14.7. The number of hydrogen-bond acceptors (Lipinski definition) is 3. The van der Waals surface area contributed by atoms with Crippen molar-refractivity contribution in [1.29, 1.82) is 0 Å².